The number of benzene rings is 1. The van der Waals surface area contributed by atoms with Crippen molar-refractivity contribution in [2.75, 3.05) is 26.2 Å². The number of fused-ring (bicyclic) bond motifs is 1. The average Bonchev–Trinajstić information content (AvgIpc) is 3.23. The van der Waals surface area contributed by atoms with E-state index in [1.807, 2.05) is 31.3 Å². The maximum atomic E-state index is 6.29. The summed E-state index contributed by atoms with van der Waals surface area (Å²) < 4.78 is 6.18. The van der Waals surface area contributed by atoms with E-state index in [1.165, 1.54) is 5.84 Å². The van der Waals surface area contributed by atoms with Crippen LogP contribution in [0.3, 0.4) is 0 Å². The van der Waals surface area contributed by atoms with Crippen LogP contribution in [0.2, 0.25) is 10.0 Å². The minimum absolute atomic E-state index is 0.328. The zero-order valence-electron chi connectivity index (χ0n) is 17.7. The van der Waals surface area contributed by atoms with Crippen molar-refractivity contribution in [2.45, 2.75) is 25.9 Å². The molecule has 2 aliphatic rings. The number of allylic oxidation sites excluding steroid dienone is 1. The second-order valence-corrected chi connectivity index (χ2v) is 8.81. The Hall–Kier alpha value is -2.61. The summed E-state index contributed by atoms with van der Waals surface area (Å²) in [4.78, 5) is 11.1. The van der Waals surface area contributed by atoms with Crippen LogP contribution in [0.4, 0.5) is 0 Å². The van der Waals surface area contributed by atoms with Crippen molar-refractivity contribution in [3.63, 3.8) is 0 Å². The number of halogens is 2. The third-order valence-corrected chi connectivity index (χ3v) is 6.52. The number of hydrogen-bond donors (Lipinski definition) is 2. The molecule has 166 valence electrons. The van der Waals surface area contributed by atoms with E-state index in [9.17, 15) is 0 Å². The van der Waals surface area contributed by atoms with Crippen molar-refractivity contribution in [2.24, 2.45) is 4.99 Å². The van der Waals surface area contributed by atoms with Gasteiger partial charge in [0, 0.05) is 62.1 Å². The Bertz CT molecular complexity index is 1180. The first-order chi connectivity index (χ1) is 15.6. The number of nitrogens with one attached hydrogen (secondary N) is 2. The fourth-order valence-electron chi connectivity index (χ4n) is 4.25. The van der Waals surface area contributed by atoms with Gasteiger partial charge in [-0.1, -0.05) is 23.2 Å². The fourth-order valence-corrected chi connectivity index (χ4v) is 4.93. The summed E-state index contributed by atoms with van der Waals surface area (Å²) in [6.07, 6.45) is 6.61. The number of rotatable bonds is 4. The number of nitrogens with zero attached hydrogens (tertiary/aromatic N) is 4. The van der Waals surface area contributed by atoms with E-state index in [4.69, 9.17) is 32.9 Å². The molecular weight excluding hydrogens is 447 g/mol. The smallest absolute Gasteiger partial charge is 0.124 e. The van der Waals surface area contributed by atoms with Gasteiger partial charge in [-0.15, -0.1) is 0 Å². The van der Waals surface area contributed by atoms with E-state index in [2.05, 4.69) is 25.4 Å². The summed E-state index contributed by atoms with van der Waals surface area (Å²) in [5.41, 5.74) is 3.72. The number of amidine groups is 1. The first-order valence-electron chi connectivity index (χ1n) is 10.8. The van der Waals surface area contributed by atoms with Gasteiger partial charge in [0.15, 0.2) is 0 Å². The molecule has 1 saturated heterocycles. The molecule has 0 unspecified atom stereocenters. The van der Waals surface area contributed by atoms with Gasteiger partial charge in [0.2, 0.25) is 0 Å². The molecule has 0 spiro atoms. The van der Waals surface area contributed by atoms with E-state index in [1.54, 1.807) is 12.4 Å². The van der Waals surface area contributed by atoms with Crippen molar-refractivity contribution >= 4 is 45.5 Å². The van der Waals surface area contributed by atoms with Gasteiger partial charge in [-0.2, -0.15) is 5.10 Å². The van der Waals surface area contributed by atoms with Gasteiger partial charge in [-0.05, 0) is 37.1 Å². The molecule has 0 radical (unpaired) electrons. The lowest BCUT2D eigenvalue weighted by Gasteiger charge is -2.31. The molecule has 5 rings (SSSR count). The Morgan fingerprint density at radius 1 is 1.09 bits per heavy atom. The predicted octanol–water partition coefficient (Wildman–Crippen LogP) is 4.84. The Labute approximate surface area is 196 Å². The molecule has 0 aliphatic carbocycles. The van der Waals surface area contributed by atoms with Gasteiger partial charge >= 0.3 is 0 Å². The van der Waals surface area contributed by atoms with Gasteiger partial charge in [0.25, 0.3) is 0 Å². The van der Waals surface area contributed by atoms with Crippen LogP contribution in [-0.4, -0.2) is 52.1 Å². The number of aromatic nitrogens is 3. The van der Waals surface area contributed by atoms with Crippen LogP contribution in [0.25, 0.3) is 16.5 Å². The molecule has 0 bridgehead atoms. The lowest BCUT2D eigenvalue weighted by Crippen LogP contribution is -2.46. The highest BCUT2D eigenvalue weighted by molar-refractivity contribution is 6.35. The molecule has 2 aliphatic heterocycles. The number of aliphatic imine (C=N–C) groups is 1. The summed E-state index contributed by atoms with van der Waals surface area (Å²) in [5.74, 6) is 1.89. The van der Waals surface area contributed by atoms with Crippen LogP contribution < -0.4 is 10.1 Å². The van der Waals surface area contributed by atoms with Crippen LogP contribution in [0.5, 0.6) is 5.75 Å². The number of H-pyrrole nitrogens is 1. The maximum Gasteiger partial charge on any atom is 0.124 e. The Morgan fingerprint density at radius 3 is 2.59 bits per heavy atom. The molecule has 0 saturated carbocycles. The standard InChI is InChI=1S/C23H24Cl2N6O/c1-14(22-18(24)12-27-13-19(22)25)32-16-3-4-20-17(10-16)23(30-29-20)15-2-5-21(28-11-15)31-8-6-26-7-9-31/h3-4,10-14,26H,2,5-9H2,1H3,(H,29,30)/t14-/m1/s1. The van der Waals surface area contributed by atoms with Crippen molar-refractivity contribution in [1.29, 1.82) is 0 Å². The monoisotopic (exact) mass is 470 g/mol. The summed E-state index contributed by atoms with van der Waals surface area (Å²) in [6.45, 7) is 5.96. The van der Waals surface area contributed by atoms with Crippen LogP contribution in [0, 0.1) is 0 Å². The predicted molar refractivity (Wildman–Crippen MR) is 128 cm³/mol. The number of piperazine rings is 1. The second kappa shape index (κ2) is 9.10. The molecule has 1 aromatic carbocycles. The lowest BCUT2D eigenvalue weighted by molar-refractivity contribution is 0.227. The topological polar surface area (TPSA) is 78.4 Å². The molecular formula is C23H24Cl2N6O. The second-order valence-electron chi connectivity index (χ2n) is 7.99. The van der Waals surface area contributed by atoms with E-state index in [0.717, 1.165) is 72.5 Å². The molecule has 1 atom stereocenters. The number of aromatic amines is 1. The highest BCUT2D eigenvalue weighted by Crippen LogP contribution is 2.35. The van der Waals surface area contributed by atoms with Gasteiger partial charge < -0.3 is 15.0 Å². The number of hydrogen-bond acceptors (Lipinski definition) is 6. The average molecular weight is 471 g/mol. The first kappa shape index (κ1) is 21.2. The first-order valence-corrected chi connectivity index (χ1v) is 11.5. The van der Waals surface area contributed by atoms with Crippen molar-refractivity contribution < 1.29 is 4.74 Å². The van der Waals surface area contributed by atoms with Gasteiger partial charge in [0.05, 0.1) is 21.3 Å². The summed E-state index contributed by atoms with van der Waals surface area (Å²) in [6, 6.07) is 5.90. The van der Waals surface area contributed by atoms with Crippen LogP contribution in [0.1, 0.15) is 37.1 Å². The van der Waals surface area contributed by atoms with Crippen LogP contribution in [0.15, 0.2) is 41.8 Å². The van der Waals surface area contributed by atoms with Crippen LogP contribution in [-0.2, 0) is 0 Å². The molecule has 2 N–H and O–H groups in total. The zero-order valence-corrected chi connectivity index (χ0v) is 19.2. The third kappa shape index (κ3) is 4.20. The summed E-state index contributed by atoms with van der Waals surface area (Å²) in [7, 11) is 0. The van der Waals surface area contributed by atoms with E-state index in [-0.39, 0.29) is 6.10 Å². The molecule has 9 heteroatoms. The molecule has 2 aromatic heterocycles. The van der Waals surface area contributed by atoms with Gasteiger partial charge in [-0.3, -0.25) is 10.1 Å². The van der Waals surface area contributed by atoms with E-state index >= 15 is 0 Å². The molecule has 7 nitrogen and oxygen atoms in total. The van der Waals surface area contributed by atoms with Crippen LogP contribution >= 0.6 is 23.2 Å². The van der Waals surface area contributed by atoms with E-state index < -0.39 is 0 Å². The SMILES string of the molecule is C[C@@H](Oc1ccc2[nH]nc(C3=CN=C(N4CCNCC4)CC3)c2c1)c1c(Cl)cncc1Cl. The lowest BCUT2D eigenvalue weighted by atomic mass is 10.0. The highest BCUT2D eigenvalue weighted by atomic mass is 35.5. The summed E-state index contributed by atoms with van der Waals surface area (Å²) in [5, 5.41) is 13.1. The fraction of sp³-hybridized carbons (Fsp3) is 0.348. The van der Waals surface area contributed by atoms with Crippen molar-refractivity contribution in [1.82, 2.24) is 25.4 Å². The normalized spacial score (nSPS) is 17.8. The zero-order chi connectivity index (χ0) is 22.1. The number of ether oxygens (including phenoxy) is 1. The maximum absolute atomic E-state index is 6.29. The largest absolute Gasteiger partial charge is 0.486 e. The quantitative estimate of drug-likeness (QED) is 0.569. The Balaban J connectivity index is 1.40. The highest BCUT2D eigenvalue weighted by Gasteiger charge is 2.21. The minimum Gasteiger partial charge on any atom is -0.486 e. The van der Waals surface area contributed by atoms with Crippen molar-refractivity contribution in [3.05, 3.63) is 58.1 Å². The Kier molecular flexibility index (Phi) is 6.04. The minimum atomic E-state index is -0.328. The molecule has 0 amide bonds. The number of pyridine rings is 1. The molecule has 3 aromatic rings. The summed E-state index contributed by atoms with van der Waals surface area (Å²) >= 11 is 12.6. The Morgan fingerprint density at radius 2 is 1.88 bits per heavy atom. The molecule has 4 heterocycles. The van der Waals surface area contributed by atoms with Crippen molar-refractivity contribution in [3.8, 4) is 5.75 Å². The van der Waals surface area contributed by atoms with E-state index in [0.29, 0.717) is 10.0 Å². The van der Waals surface area contributed by atoms with Gasteiger partial charge in [0.1, 0.15) is 17.7 Å². The molecule has 1 fully saturated rings. The van der Waals surface area contributed by atoms with Gasteiger partial charge in [-0.25, -0.2) is 4.99 Å². The molecule has 32 heavy (non-hydrogen) atoms. The third-order valence-electron chi connectivity index (χ3n) is 5.92.